The number of halogens is 1. The molecule has 5 nitrogen and oxygen atoms in total. The highest BCUT2D eigenvalue weighted by molar-refractivity contribution is 9.11. The first-order valence-electron chi connectivity index (χ1n) is 10.2. The summed E-state index contributed by atoms with van der Waals surface area (Å²) < 4.78 is 0.895. The van der Waals surface area contributed by atoms with Gasteiger partial charge in [-0.05, 0) is 57.2 Å². The molecule has 2 heterocycles. The molecule has 0 saturated carbocycles. The van der Waals surface area contributed by atoms with E-state index in [1.807, 2.05) is 6.07 Å². The maximum absolute atomic E-state index is 12.4. The molecular formula is C24H24BrN3O2S. The number of hydrogen-bond acceptors (Lipinski definition) is 4. The van der Waals surface area contributed by atoms with Gasteiger partial charge in [0.1, 0.15) is 0 Å². The van der Waals surface area contributed by atoms with E-state index < -0.39 is 0 Å². The van der Waals surface area contributed by atoms with Gasteiger partial charge in [0.25, 0.3) is 5.91 Å². The predicted octanol–water partition coefficient (Wildman–Crippen LogP) is 4.46. The van der Waals surface area contributed by atoms with Crippen LogP contribution < -0.4 is 10.2 Å². The second kappa shape index (κ2) is 9.66. The molecule has 0 saturated heterocycles. The second-order valence-corrected chi connectivity index (χ2v) is 10.1. The highest BCUT2D eigenvalue weighted by Gasteiger charge is 2.18. The van der Waals surface area contributed by atoms with E-state index in [1.54, 1.807) is 13.1 Å². The van der Waals surface area contributed by atoms with Gasteiger partial charge in [0, 0.05) is 32.4 Å². The van der Waals surface area contributed by atoms with Crippen LogP contribution in [-0.4, -0.2) is 36.9 Å². The summed E-state index contributed by atoms with van der Waals surface area (Å²) in [6, 6.07) is 20.5. The lowest BCUT2D eigenvalue weighted by Gasteiger charge is -2.19. The van der Waals surface area contributed by atoms with Crippen molar-refractivity contribution in [1.29, 1.82) is 0 Å². The van der Waals surface area contributed by atoms with Crippen molar-refractivity contribution >= 4 is 44.8 Å². The maximum atomic E-state index is 12.4. The molecule has 0 fully saturated rings. The van der Waals surface area contributed by atoms with Gasteiger partial charge < -0.3 is 15.1 Å². The number of carbonyl (C=O) groups is 2. The third-order valence-electron chi connectivity index (χ3n) is 5.38. The number of carbonyl (C=O) groups excluding carboxylic acids is 2. The molecule has 31 heavy (non-hydrogen) atoms. The molecule has 1 N–H and O–H groups in total. The summed E-state index contributed by atoms with van der Waals surface area (Å²) in [7, 11) is 1.64. The van der Waals surface area contributed by atoms with Crippen LogP contribution in [-0.2, 0) is 24.3 Å². The highest BCUT2D eigenvalue weighted by Crippen LogP contribution is 2.28. The Kier molecular flexibility index (Phi) is 6.73. The van der Waals surface area contributed by atoms with Gasteiger partial charge in [0.2, 0.25) is 5.91 Å². The smallest absolute Gasteiger partial charge is 0.264 e. The van der Waals surface area contributed by atoms with Gasteiger partial charge in [-0.25, -0.2) is 0 Å². The Balaban J connectivity index is 1.25. The van der Waals surface area contributed by atoms with Gasteiger partial charge in [-0.2, -0.15) is 0 Å². The Hall–Kier alpha value is -2.64. The fourth-order valence-electron chi connectivity index (χ4n) is 3.71. The van der Waals surface area contributed by atoms with Crippen molar-refractivity contribution in [3.8, 4) is 0 Å². The van der Waals surface area contributed by atoms with Gasteiger partial charge in [0.05, 0.1) is 15.2 Å². The molecule has 0 radical (unpaired) electrons. The van der Waals surface area contributed by atoms with Crippen LogP contribution in [0.5, 0.6) is 0 Å². The molecule has 0 unspecified atom stereocenters. The summed E-state index contributed by atoms with van der Waals surface area (Å²) in [6.07, 6.45) is 1.10. The average molecular weight is 498 g/mol. The van der Waals surface area contributed by atoms with E-state index in [2.05, 4.69) is 74.7 Å². The summed E-state index contributed by atoms with van der Waals surface area (Å²) in [6.45, 7) is 2.40. The minimum atomic E-state index is -0.177. The third-order valence-corrected chi connectivity index (χ3v) is 6.99. The average Bonchev–Trinajstić information content (AvgIpc) is 3.39. The third kappa shape index (κ3) is 5.35. The Labute approximate surface area is 194 Å². The first-order chi connectivity index (χ1) is 15.0. The lowest BCUT2D eigenvalue weighted by molar-refractivity contribution is -0.121. The largest absolute Gasteiger partial charge is 0.367 e. The summed E-state index contributed by atoms with van der Waals surface area (Å²) in [4.78, 5) is 29.1. The minimum Gasteiger partial charge on any atom is -0.367 e. The van der Waals surface area contributed by atoms with Gasteiger partial charge in [0.15, 0.2) is 0 Å². The van der Waals surface area contributed by atoms with Crippen LogP contribution in [0.1, 0.15) is 26.4 Å². The van der Waals surface area contributed by atoms with Crippen LogP contribution in [0.3, 0.4) is 0 Å². The van der Waals surface area contributed by atoms with Crippen LogP contribution >= 0.6 is 27.3 Å². The number of likely N-dealkylation sites (N-methyl/N-ethyl adjacent to an activating group) is 1. The van der Waals surface area contributed by atoms with E-state index in [4.69, 9.17) is 0 Å². The monoisotopic (exact) mass is 497 g/mol. The standard InChI is InChI=1S/C24H24BrN3O2S/c1-27(24(30)21-10-11-22(25)31-21)16-23(29)26-14-17-6-8-18(9-7-17)15-28-13-12-19-4-2-3-5-20(19)28/h2-11H,12-16H2,1H3,(H,26,29). The predicted molar refractivity (Wildman–Crippen MR) is 128 cm³/mol. The molecular weight excluding hydrogens is 474 g/mol. The Bertz CT molecular complexity index is 1080. The van der Waals surface area contributed by atoms with Crippen LogP contribution in [0.2, 0.25) is 0 Å². The van der Waals surface area contributed by atoms with E-state index >= 15 is 0 Å². The SMILES string of the molecule is CN(CC(=O)NCc1ccc(CN2CCc3ccccc32)cc1)C(=O)c1ccc(Br)s1. The van der Waals surface area contributed by atoms with Gasteiger partial charge in [-0.1, -0.05) is 42.5 Å². The summed E-state index contributed by atoms with van der Waals surface area (Å²) in [5.41, 5.74) is 5.03. The Morgan fingerprint density at radius 1 is 1.06 bits per heavy atom. The van der Waals surface area contributed by atoms with E-state index in [9.17, 15) is 9.59 Å². The molecule has 0 aliphatic carbocycles. The fraction of sp³-hybridized carbons (Fsp3) is 0.250. The van der Waals surface area contributed by atoms with Gasteiger partial charge >= 0.3 is 0 Å². The van der Waals surface area contributed by atoms with Crippen molar-refractivity contribution in [3.05, 3.63) is 86.0 Å². The molecule has 3 aromatic rings. The number of amides is 2. The van der Waals surface area contributed by atoms with Gasteiger partial charge in [-0.3, -0.25) is 9.59 Å². The first-order valence-corrected chi connectivity index (χ1v) is 11.8. The molecule has 0 bridgehead atoms. The molecule has 2 aromatic carbocycles. The molecule has 0 atom stereocenters. The second-order valence-electron chi connectivity index (χ2n) is 7.66. The van der Waals surface area contributed by atoms with Crippen LogP contribution in [0.25, 0.3) is 0 Å². The molecule has 1 aliphatic rings. The van der Waals surface area contributed by atoms with Crippen molar-refractivity contribution in [1.82, 2.24) is 10.2 Å². The zero-order valence-corrected chi connectivity index (χ0v) is 19.7. The highest BCUT2D eigenvalue weighted by atomic mass is 79.9. The number of fused-ring (bicyclic) bond motifs is 1. The molecule has 0 spiro atoms. The molecule has 4 rings (SSSR count). The summed E-state index contributed by atoms with van der Waals surface area (Å²) in [5.74, 6) is -0.331. The lowest BCUT2D eigenvalue weighted by Crippen LogP contribution is -2.37. The fourth-order valence-corrected chi connectivity index (χ4v) is 5.10. The number of benzene rings is 2. The van der Waals surface area contributed by atoms with Crippen molar-refractivity contribution in [2.24, 2.45) is 0 Å². The number of para-hydroxylation sites is 1. The topological polar surface area (TPSA) is 52.7 Å². The Morgan fingerprint density at radius 2 is 1.81 bits per heavy atom. The van der Waals surface area contributed by atoms with Crippen molar-refractivity contribution < 1.29 is 9.59 Å². The molecule has 2 amide bonds. The number of nitrogens with one attached hydrogen (secondary N) is 1. The number of nitrogens with zero attached hydrogens (tertiary/aromatic N) is 2. The van der Waals surface area contributed by atoms with Crippen molar-refractivity contribution in [3.63, 3.8) is 0 Å². The first kappa shape index (κ1) is 21.6. The lowest BCUT2D eigenvalue weighted by atomic mass is 10.1. The quantitative estimate of drug-likeness (QED) is 0.524. The van der Waals surface area contributed by atoms with Crippen molar-refractivity contribution in [2.75, 3.05) is 25.0 Å². The van der Waals surface area contributed by atoms with Crippen LogP contribution in [0.4, 0.5) is 5.69 Å². The number of anilines is 1. The Morgan fingerprint density at radius 3 is 2.55 bits per heavy atom. The number of hydrogen-bond donors (Lipinski definition) is 1. The van der Waals surface area contributed by atoms with Crippen molar-refractivity contribution in [2.45, 2.75) is 19.5 Å². The normalized spacial score (nSPS) is 12.5. The zero-order valence-electron chi connectivity index (χ0n) is 17.3. The molecule has 1 aromatic heterocycles. The maximum Gasteiger partial charge on any atom is 0.264 e. The van der Waals surface area contributed by atoms with E-state index in [1.165, 1.54) is 33.1 Å². The number of rotatable bonds is 7. The molecule has 160 valence electrons. The van der Waals surface area contributed by atoms with E-state index in [-0.39, 0.29) is 18.4 Å². The summed E-state index contributed by atoms with van der Waals surface area (Å²) >= 11 is 4.71. The summed E-state index contributed by atoms with van der Waals surface area (Å²) in [5, 5.41) is 2.90. The van der Waals surface area contributed by atoms with E-state index in [0.717, 1.165) is 28.9 Å². The molecule has 1 aliphatic heterocycles. The molecule has 7 heteroatoms. The number of thiophene rings is 1. The van der Waals surface area contributed by atoms with Crippen LogP contribution in [0.15, 0.2) is 64.5 Å². The zero-order chi connectivity index (χ0) is 21.8. The van der Waals surface area contributed by atoms with E-state index in [0.29, 0.717) is 11.4 Å². The minimum absolute atomic E-state index is 0.0286. The van der Waals surface area contributed by atoms with Gasteiger partial charge in [-0.15, -0.1) is 11.3 Å². The van der Waals surface area contributed by atoms with Crippen LogP contribution in [0, 0.1) is 0 Å².